The number of benzene rings is 2. The van der Waals surface area contributed by atoms with E-state index < -0.39 is 35.1 Å². The van der Waals surface area contributed by atoms with E-state index in [4.69, 9.17) is 0 Å². The first-order chi connectivity index (χ1) is 15.2. The van der Waals surface area contributed by atoms with Crippen LogP contribution in [0.3, 0.4) is 0 Å². The molecule has 0 radical (unpaired) electrons. The van der Waals surface area contributed by atoms with Crippen LogP contribution in [0.4, 0.5) is 30.7 Å². The zero-order valence-electron chi connectivity index (χ0n) is 17.5. The van der Waals surface area contributed by atoms with Gasteiger partial charge in [0.2, 0.25) is 0 Å². The highest BCUT2D eigenvalue weighted by Gasteiger charge is 2.32. The van der Waals surface area contributed by atoms with Gasteiger partial charge < -0.3 is 4.74 Å². The molecular formula is C24H25F7O. The molecule has 8 heteroatoms. The minimum Gasteiger partial charge on any atom is -0.403 e. The van der Waals surface area contributed by atoms with Crippen LogP contribution >= 0.6 is 0 Å². The summed E-state index contributed by atoms with van der Waals surface area (Å²) in [5, 5.41) is 0. The van der Waals surface area contributed by atoms with Gasteiger partial charge in [-0.15, -0.1) is 13.2 Å². The molecule has 0 N–H and O–H groups in total. The number of hydrogen-bond donors (Lipinski definition) is 0. The molecule has 176 valence electrons. The molecule has 32 heavy (non-hydrogen) atoms. The smallest absolute Gasteiger partial charge is 0.403 e. The molecule has 0 bridgehead atoms. The summed E-state index contributed by atoms with van der Waals surface area (Å²) in [5.74, 6) is -3.23. The van der Waals surface area contributed by atoms with Crippen molar-refractivity contribution in [2.24, 2.45) is 11.8 Å². The summed E-state index contributed by atoms with van der Waals surface area (Å²) in [5.41, 5.74) is -0.245. The van der Waals surface area contributed by atoms with Crippen LogP contribution in [0.25, 0.3) is 11.1 Å². The Kier molecular flexibility index (Phi) is 8.06. The maximum atomic E-state index is 14.6. The topological polar surface area (TPSA) is 9.23 Å². The monoisotopic (exact) mass is 462 g/mol. The highest BCUT2D eigenvalue weighted by Crippen LogP contribution is 2.35. The summed E-state index contributed by atoms with van der Waals surface area (Å²) >= 11 is 0. The van der Waals surface area contributed by atoms with Crippen molar-refractivity contribution in [3.05, 3.63) is 53.3 Å². The van der Waals surface area contributed by atoms with E-state index in [9.17, 15) is 30.7 Å². The van der Waals surface area contributed by atoms with Gasteiger partial charge in [-0.1, -0.05) is 31.7 Å². The van der Waals surface area contributed by atoms with Gasteiger partial charge in [0, 0.05) is 0 Å². The average Bonchev–Trinajstić information content (AvgIpc) is 2.72. The maximum Gasteiger partial charge on any atom is 0.573 e. The van der Waals surface area contributed by atoms with Crippen LogP contribution in [-0.4, -0.2) is 13.0 Å². The molecule has 0 heterocycles. The second-order valence-electron chi connectivity index (χ2n) is 8.38. The third-order valence-corrected chi connectivity index (χ3v) is 6.10. The number of aryl methyl sites for hydroxylation is 1. The Balaban J connectivity index is 1.64. The lowest BCUT2D eigenvalue weighted by molar-refractivity contribution is -0.275. The third-order valence-electron chi connectivity index (χ3n) is 6.10. The van der Waals surface area contributed by atoms with Crippen molar-refractivity contribution >= 4 is 0 Å². The molecule has 3 rings (SSSR count). The first-order valence-electron chi connectivity index (χ1n) is 10.8. The van der Waals surface area contributed by atoms with Crippen LogP contribution < -0.4 is 4.74 Å². The Morgan fingerprint density at radius 3 is 1.94 bits per heavy atom. The molecule has 0 aromatic heterocycles. The van der Waals surface area contributed by atoms with Crippen LogP contribution in [0.2, 0.25) is 0 Å². The predicted octanol–water partition coefficient (Wildman–Crippen LogP) is 8.16. The van der Waals surface area contributed by atoms with Crippen LogP contribution in [-0.2, 0) is 6.42 Å². The normalized spacial score (nSPS) is 19.2. The van der Waals surface area contributed by atoms with Crippen LogP contribution in [0, 0.1) is 29.3 Å². The Hall–Kier alpha value is -2.25. The number of ether oxygens (including phenoxy) is 1. The van der Waals surface area contributed by atoms with Gasteiger partial charge in [-0.05, 0) is 72.9 Å². The van der Waals surface area contributed by atoms with E-state index in [2.05, 4.69) is 4.74 Å². The predicted molar refractivity (Wildman–Crippen MR) is 107 cm³/mol. The molecular weight excluding hydrogens is 437 g/mol. The second kappa shape index (κ2) is 10.6. The quantitative estimate of drug-likeness (QED) is 0.360. The highest BCUT2D eigenvalue weighted by atomic mass is 19.4. The van der Waals surface area contributed by atoms with E-state index in [1.807, 2.05) is 0 Å². The van der Waals surface area contributed by atoms with E-state index in [0.717, 1.165) is 44.6 Å². The zero-order chi connectivity index (χ0) is 23.3. The fourth-order valence-electron chi connectivity index (χ4n) is 4.45. The summed E-state index contributed by atoms with van der Waals surface area (Å²) in [6.45, 7) is -0.287. The highest BCUT2D eigenvalue weighted by molar-refractivity contribution is 5.66. The van der Waals surface area contributed by atoms with Crippen molar-refractivity contribution in [1.82, 2.24) is 0 Å². The molecule has 1 aliphatic rings. The van der Waals surface area contributed by atoms with Crippen molar-refractivity contribution in [3.8, 4) is 16.9 Å². The second-order valence-corrected chi connectivity index (χ2v) is 8.38. The zero-order valence-corrected chi connectivity index (χ0v) is 17.5. The van der Waals surface area contributed by atoms with Gasteiger partial charge in [0.15, 0.2) is 11.6 Å². The molecule has 2 aromatic rings. The summed E-state index contributed by atoms with van der Waals surface area (Å²) in [6, 6.07) is 4.65. The van der Waals surface area contributed by atoms with E-state index >= 15 is 0 Å². The SMILES string of the molecule is FCCCC1CCC(CCc2cc(F)c(-c3ccc(OC(F)(F)F)c(F)c3)c(F)c2)CC1. The van der Waals surface area contributed by atoms with Crippen molar-refractivity contribution in [2.75, 3.05) is 6.67 Å². The minimum absolute atomic E-state index is 0.217. The first-order valence-corrected chi connectivity index (χ1v) is 10.8. The summed E-state index contributed by atoms with van der Waals surface area (Å²) < 4.78 is 95.9. The van der Waals surface area contributed by atoms with Gasteiger partial charge in [-0.25, -0.2) is 13.2 Å². The number of rotatable bonds is 8. The Morgan fingerprint density at radius 2 is 1.41 bits per heavy atom. The van der Waals surface area contributed by atoms with E-state index in [1.54, 1.807) is 0 Å². The molecule has 1 fully saturated rings. The van der Waals surface area contributed by atoms with Gasteiger partial charge in [0.05, 0.1) is 12.2 Å². The van der Waals surface area contributed by atoms with Crippen molar-refractivity contribution in [2.45, 2.75) is 57.7 Å². The van der Waals surface area contributed by atoms with E-state index in [-0.39, 0.29) is 12.2 Å². The summed E-state index contributed by atoms with van der Waals surface area (Å²) in [6.07, 6.45) is 1.84. The Bertz CT molecular complexity index is 879. The molecule has 0 atom stereocenters. The number of halogens is 7. The fourth-order valence-corrected chi connectivity index (χ4v) is 4.45. The first kappa shape index (κ1) is 24.4. The molecule has 1 saturated carbocycles. The van der Waals surface area contributed by atoms with Crippen LogP contribution in [0.15, 0.2) is 30.3 Å². The molecule has 0 amide bonds. The van der Waals surface area contributed by atoms with Gasteiger partial charge >= 0.3 is 6.36 Å². The number of hydrogen-bond acceptors (Lipinski definition) is 1. The summed E-state index contributed by atoms with van der Waals surface area (Å²) in [4.78, 5) is 0. The molecule has 0 saturated heterocycles. The maximum absolute atomic E-state index is 14.6. The lowest BCUT2D eigenvalue weighted by atomic mass is 9.78. The minimum atomic E-state index is -5.08. The van der Waals surface area contributed by atoms with Gasteiger partial charge in [-0.2, -0.15) is 0 Å². The van der Waals surface area contributed by atoms with Crippen LogP contribution in [0.1, 0.15) is 50.5 Å². The van der Waals surface area contributed by atoms with Gasteiger partial charge in [0.25, 0.3) is 0 Å². The fraction of sp³-hybridized carbons (Fsp3) is 0.500. The van der Waals surface area contributed by atoms with Gasteiger partial charge in [-0.3, -0.25) is 4.39 Å². The standard InChI is InChI=1S/C24H25F7O/c25-11-1-2-15-3-5-16(6-4-15)7-8-17-12-20(27)23(21(28)13-17)18-9-10-22(19(26)14-18)32-24(29,30)31/h9-10,12-16H,1-8,11H2. The van der Waals surface area contributed by atoms with Crippen LogP contribution in [0.5, 0.6) is 5.75 Å². The van der Waals surface area contributed by atoms with Crippen molar-refractivity contribution < 1.29 is 35.5 Å². The molecule has 0 spiro atoms. The molecule has 0 aliphatic heterocycles. The largest absolute Gasteiger partial charge is 0.573 e. The molecule has 1 nitrogen and oxygen atoms in total. The molecule has 0 unspecified atom stereocenters. The van der Waals surface area contributed by atoms with E-state index in [0.29, 0.717) is 42.4 Å². The Labute approximate surface area is 182 Å². The lowest BCUT2D eigenvalue weighted by Crippen LogP contribution is -2.17. The van der Waals surface area contributed by atoms with Gasteiger partial charge in [0.1, 0.15) is 11.6 Å². The van der Waals surface area contributed by atoms with E-state index in [1.165, 1.54) is 12.1 Å². The van der Waals surface area contributed by atoms with Crippen molar-refractivity contribution in [1.29, 1.82) is 0 Å². The average molecular weight is 462 g/mol. The third kappa shape index (κ3) is 6.62. The number of alkyl halides is 4. The lowest BCUT2D eigenvalue weighted by Gasteiger charge is -2.28. The Morgan fingerprint density at radius 1 is 0.812 bits per heavy atom. The molecule has 1 aliphatic carbocycles. The summed E-state index contributed by atoms with van der Waals surface area (Å²) in [7, 11) is 0. The van der Waals surface area contributed by atoms with Crippen molar-refractivity contribution in [3.63, 3.8) is 0 Å². The molecule has 2 aromatic carbocycles.